The molecule has 0 unspecified atom stereocenters. The molecule has 0 saturated carbocycles. The van der Waals surface area contributed by atoms with Crippen molar-refractivity contribution < 1.29 is 9.90 Å². The maximum absolute atomic E-state index is 10.6. The molecule has 1 N–H and O–H groups in total. The summed E-state index contributed by atoms with van der Waals surface area (Å²) < 4.78 is 0. The number of nitrogens with zero attached hydrogens (tertiary/aromatic N) is 3. The summed E-state index contributed by atoms with van der Waals surface area (Å²) in [6, 6.07) is 1.85. The lowest BCUT2D eigenvalue weighted by Crippen LogP contribution is -2.00. The third-order valence-corrected chi connectivity index (χ3v) is 2.18. The summed E-state index contributed by atoms with van der Waals surface area (Å²) in [5.41, 5.74) is 1.88. The highest BCUT2D eigenvalue weighted by Crippen LogP contribution is 2.17. The second-order valence-electron chi connectivity index (χ2n) is 3.29. The van der Waals surface area contributed by atoms with Crippen molar-refractivity contribution in [2.75, 3.05) is 0 Å². The normalized spacial score (nSPS) is 10.1. The highest BCUT2D eigenvalue weighted by molar-refractivity contribution is 5.86. The monoisotopic (exact) mass is 215 g/mol. The van der Waals surface area contributed by atoms with Crippen LogP contribution in [-0.4, -0.2) is 26.0 Å². The Labute approximate surface area is 91.8 Å². The van der Waals surface area contributed by atoms with E-state index in [2.05, 4.69) is 15.0 Å². The van der Waals surface area contributed by atoms with Crippen molar-refractivity contribution in [3.8, 4) is 11.4 Å². The molecule has 2 rings (SSSR count). The summed E-state index contributed by atoms with van der Waals surface area (Å²) in [7, 11) is 0. The van der Waals surface area contributed by atoms with E-state index >= 15 is 0 Å². The van der Waals surface area contributed by atoms with E-state index in [9.17, 15) is 4.79 Å². The van der Waals surface area contributed by atoms with Crippen LogP contribution in [0.4, 0.5) is 0 Å². The number of hydrogen-bond donors (Lipinski definition) is 1. The van der Waals surface area contributed by atoms with Gasteiger partial charge in [0.15, 0.2) is 5.82 Å². The number of carboxylic acids is 1. The van der Waals surface area contributed by atoms with Gasteiger partial charge in [0.05, 0.1) is 5.56 Å². The van der Waals surface area contributed by atoms with Gasteiger partial charge in [-0.3, -0.25) is 4.98 Å². The summed E-state index contributed by atoms with van der Waals surface area (Å²) in [6.07, 6.45) is 5.92. The van der Waals surface area contributed by atoms with Gasteiger partial charge in [-0.05, 0) is 18.6 Å². The first-order valence-corrected chi connectivity index (χ1v) is 4.65. The second kappa shape index (κ2) is 4.06. The van der Waals surface area contributed by atoms with Crippen molar-refractivity contribution in [2.24, 2.45) is 0 Å². The summed E-state index contributed by atoms with van der Waals surface area (Å²) in [4.78, 5) is 22.6. The molecule has 0 radical (unpaired) electrons. The third kappa shape index (κ3) is 1.88. The Kier molecular flexibility index (Phi) is 2.59. The molecule has 2 aromatic heterocycles. The number of carboxylic acid groups (broad SMARTS) is 1. The molecular weight excluding hydrogens is 206 g/mol. The van der Waals surface area contributed by atoms with E-state index in [0.717, 1.165) is 11.1 Å². The van der Waals surface area contributed by atoms with Crippen LogP contribution in [0, 0.1) is 6.92 Å². The zero-order valence-corrected chi connectivity index (χ0v) is 8.58. The summed E-state index contributed by atoms with van der Waals surface area (Å²) in [5.74, 6) is -0.551. The van der Waals surface area contributed by atoms with E-state index in [1.807, 2.05) is 13.0 Å². The van der Waals surface area contributed by atoms with Crippen LogP contribution in [0.25, 0.3) is 11.4 Å². The molecule has 0 bridgehead atoms. The van der Waals surface area contributed by atoms with E-state index in [0.29, 0.717) is 5.82 Å². The molecule has 0 amide bonds. The van der Waals surface area contributed by atoms with E-state index < -0.39 is 5.97 Å². The van der Waals surface area contributed by atoms with Gasteiger partial charge in [-0.25, -0.2) is 14.8 Å². The maximum Gasteiger partial charge on any atom is 0.338 e. The van der Waals surface area contributed by atoms with Crippen LogP contribution in [0.5, 0.6) is 0 Å². The molecule has 0 aliphatic carbocycles. The Morgan fingerprint density at radius 3 is 2.50 bits per heavy atom. The number of rotatable bonds is 2. The van der Waals surface area contributed by atoms with Crippen molar-refractivity contribution >= 4 is 5.97 Å². The van der Waals surface area contributed by atoms with Crippen molar-refractivity contribution in [1.29, 1.82) is 0 Å². The van der Waals surface area contributed by atoms with Crippen molar-refractivity contribution in [2.45, 2.75) is 6.92 Å². The predicted molar refractivity (Wildman–Crippen MR) is 57.0 cm³/mol. The molecule has 2 aromatic rings. The fourth-order valence-electron chi connectivity index (χ4n) is 1.28. The number of aromatic nitrogens is 3. The molecule has 0 aliphatic rings. The van der Waals surface area contributed by atoms with Crippen LogP contribution >= 0.6 is 0 Å². The first-order chi connectivity index (χ1) is 7.68. The largest absolute Gasteiger partial charge is 0.478 e. The minimum atomic E-state index is -1.03. The van der Waals surface area contributed by atoms with Gasteiger partial charge in [0, 0.05) is 30.4 Å². The van der Waals surface area contributed by atoms with Gasteiger partial charge in [0.2, 0.25) is 0 Å². The van der Waals surface area contributed by atoms with Gasteiger partial charge in [-0.2, -0.15) is 0 Å². The number of hydrogen-bond acceptors (Lipinski definition) is 4. The maximum atomic E-state index is 10.6. The molecule has 5 heteroatoms. The number of aromatic carboxylic acids is 1. The summed E-state index contributed by atoms with van der Waals surface area (Å²) in [5, 5.41) is 8.71. The number of carbonyl (C=O) groups is 1. The van der Waals surface area contributed by atoms with E-state index in [-0.39, 0.29) is 5.56 Å². The van der Waals surface area contributed by atoms with Crippen LogP contribution in [0.3, 0.4) is 0 Å². The van der Waals surface area contributed by atoms with Gasteiger partial charge in [-0.15, -0.1) is 0 Å². The van der Waals surface area contributed by atoms with Gasteiger partial charge in [-0.1, -0.05) is 0 Å². The molecular formula is C11H9N3O2. The number of aryl methyl sites for hydroxylation is 1. The molecule has 2 heterocycles. The third-order valence-electron chi connectivity index (χ3n) is 2.18. The van der Waals surface area contributed by atoms with Crippen LogP contribution < -0.4 is 0 Å². The van der Waals surface area contributed by atoms with Crippen LogP contribution in [0.2, 0.25) is 0 Å². The molecule has 80 valence electrons. The van der Waals surface area contributed by atoms with Gasteiger partial charge in [0.25, 0.3) is 0 Å². The summed E-state index contributed by atoms with van der Waals surface area (Å²) >= 11 is 0. The lowest BCUT2D eigenvalue weighted by Gasteiger charge is -2.02. The second-order valence-corrected chi connectivity index (χ2v) is 3.29. The van der Waals surface area contributed by atoms with Crippen molar-refractivity contribution in [1.82, 2.24) is 15.0 Å². The highest BCUT2D eigenvalue weighted by Gasteiger charge is 2.07. The molecule has 5 nitrogen and oxygen atoms in total. The Hall–Kier alpha value is -2.30. The Balaban J connectivity index is 2.43. The molecule has 0 aromatic carbocycles. The topological polar surface area (TPSA) is 76.0 Å². The fraction of sp³-hybridized carbons (Fsp3) is 0.0909. The fourth-order valence-corrected chi connectivity index (χ4v) is 1.28. The minimum absolute atomic E-state index is 0.0743. The smallest absolute Gasteiger partial charge is 0.338 e. The molecule has 0 aliphatic heterocycles. The Bertz CT molecular complexity index is 523. The zero-order chi connectivity index (χ0) is 11.5. The SMILES string of the molecule is Cc1ccncc1-c1ncc(C(=O)O)cn1. The standard InChI is InChI=1S/C11H9N3O2/c1-7-2-3-12-6-9(7)10-13-4-8(5-14-10)11(15)16/h2-6H,1H3,(H,15,16). The number of pyridine rings is 1. The van der Waals surface area contributed by atoms with Crippen molar-refractivity contribution in [3.05, 3.63) is 42.0 Å². The molecule has 0 fully saturated rings. The quantitative estimate of drug-likeness (QED) is 0.822. The van der Waals surface area contributed by atoms with Gasteiger partial charge >= 0.3 is 5.97 Å². The van der Waals surface area contributed by atoms with E-state index in [1.54, 1.807) is 12.4 Å². The lowest BCUT2D eigenvalue weighted by atomic mass is 10.1. The molecule has 0 spiro atoms. The first-order valence-electron chi connectivity index (χ1n) is 4.65. The predicted octanol–water partition coefficient (Wildman–Crippen LogP) is 1.55. The molecule has 0 saturated heterocycles. The lowest BCUT2D eigenvalue weighted by molar-refractivity contribution is 0.0696. The van der Waals surface area contributed by atoms with Crippen LogP contribution in [0.1, 0.15) is 15.9 Å². The minimum Gasteiger partial charge on any atom is -0.478 e. The first kappa shape index (κ1) is 10.2. The van der Waals surface area contributed by atoms with E-state index in [4.69, 9.17) is 5.11 Å². The molecule has 16 heavy (non-hydrogen) atoms. The Morgan fingerprint density at radius 2 is 1.94 bits per heavy atom. The Morgan fingerprint density at radius 1 is 1.25 bits per heavy atom. The van der Waals surface area contributed by atoms with Gasteiger partial charge in [0.1, 0.15) is 0 Å². The zero-order valence-electron chi connectivity index (χ0n) is 8.58. The van der Waals surface area contributed by atoms with Crippen molar-refractivity contribution in [3.63, 3.8) is 0 Å². The average Bonchev–Trinajstić information content (AvgIpc) is 2.30. The average molecular weight is 215 g/mol. The van der Waals surface area contributed by atoms with Gasteiger partial charge < -0.3 is 5.11 Å². The van der Waals surface area contributed by atoms with Crippen LogP contribution in [0.15, 0.2) is 30.9 Å². The van der Waals surface area contributed by atoms with E-state index in [1.165, 1.54) is 12.4 Å². The molecule has 0 atom stereocenters. The van der Waals surface area contributed by atoms with Crippen LogP contribution in [-0.2, 0) is 0 Å². The summed E-state index contributed by atoms with van der Waals surface area (Å²) in [6.45, 7) is 1.92. The highest BCUT2D eigenvalue weighted by atomic mass is 16.4.